The minimum Gasteiger partial charge on any atom is -0.487 e. The van der Waals surface area contributed by atoms with E-state index < -0.39 is 5.41 Å². The number of nitrogens with zero attached hydrogens (tertiary/aromatic N) is 6. The van der Waals surface area contributed by atoms with E-state index in [1.807, 2.05) is 21.8 Å². The fraction of sp³-hybridized carbons (Fsp3) is 0.234. The molecule has 17 rings (SSSR count). The minimum atomic E-state index is -0.447. The maximum absolute atomic E-state index is 7.58. The summed E-state index contributed by atoms with van der Waals surface area (Å²) < 4.78 is 33.9. The van der Waals surface area contributed by atoms with Gasteiger partial charge in [-0.2, -0.15) is 0 Å². The van der Waals surface area contributed by atoms with E-state index in [0.717, 1.165) is 78.7 Å². The molecule has 0 atom stereocenters. The molecule has 1 aliphatic heterocycles. The first-order valence-corrected chi connectivity index (χ1v) is 40.4. The van der Waals surface area contributed by atoms with Crippen LogP contribution in [0.1, 0.15) is 139 Å². The summed E-state index contributed by atoms with van der Waals surface area (Å²) in [7, 11) is 0. The maximum Gasteiger partial charge on any atom is 0.151 e. The van der Waals surface area contributed by atoms with Gasteiger partial charge in [0.1, 0.15) is 55.1 Å². The molecule has 0 aliphatic carbocycles. The van der Waals surface area contributed by atoms with Gasteiger partial charge >= 0.3 is 0 Å². The van der Waals surface area contributed by atoms with Gasteiger partial charge in [0.25, 0.3) is 0 Å². The first-order valence-electron chi connectivity index (χ1n) is 37.1. The Balaban J connectivity index is 0.823. The van der Waals surface area contributed by atoms with Gasteiger partial charge in [-0.3, -0.25) is 0 Å². The molecule has 540 valence electrons. The third-order valence-corrected chi connectivity index (χ3v) is 24.8. The van der Waals surface area contributed by atoms with Gasteiger partial charge in [-0.1, -0.05) is 310 Å². The molecule has 0 saturated carbocycles. The van der Waals surface area contributed by atoms with Gasteiger partial charge in [0, 0.05) is 15.4 Å². The van der Waals surface area contributed by atoms with Crippen LogP contribution in [0.3, 0.4) is 0 Å². The SMILES string of the molecule is CC(C)(C)c1cc2cc(c1)Sc1cc(C(C)(C)C)cc(c1OCc1cn(Cc3ccc4ccc5cccc6ccc3c4c56)nn1)Sc1c(OCc3ccccc3)c(cc(C(C)(C)C)c1OCc1ccccc1)Sc1cc(C(C)(C)C)cc(c1OCc1cn(Cc3ccc4ccc5cccc6ccc3c4c56)nn1)S2. The second kappa shape index (κ2) is 28.2. The van der Waals surface area contributed by atoms with Gasteiger partial charge in [0.2, 0.25) is 0 Å². The highest BCUT2D eigenvalue weighted by molar-refractivity contribution is 8.01. The van der Waals surface area contributed by atoms with E-state index in [4.69, 9.17) is 39.6 Å². The van der Waals surface area contributed by atoms with E-state index in [0.29, 0.717) is 36.8 Å². The lowest BCUT2D eigenvalue weighted by Crippen LogP contribution is -2.16. The van der Waals surface area contributed by atoms with Crippen molar-refractivity contribution in [3.8, 4) is 23.0 Å². The molecule has 14 aromatic carbocycles. The average molecular weight is 1490 g/mol. The summed E-state index contributed by atoms with van der Waals surface area (Å²) in [5.41, 5.74) is 9.18. The molecule has 1 aliphatic rings. The monoisotopic (exact) mass is 1490 g/mol. The minimum absolute atomic E-state index is 0.153. The van der Waals surface area contributed by atoms with Crippen LogP contribution in [0.5, 0.6) is 23.0 Å². The molecular formula is C94H86N6O4S4. The molecule has 0 radical (unpaired) electrons. The zero-order valence-corrected chi connectivity index (χ0v) is 66.4. The van der Waals surface area contributed by atoms with Crippen molar-refractivity contribution in [3.05, 3.63) is 287 Å². The lowest BCUT2D eigenvalue weighted by atomic mass is 9.86. The molecule has 3 heterocycles. The zero-order valence-electron chi connectivity index (χ0n) is 63.1. The Morgan fingerprint density at radius 1 is 0.315 bits per heavy atom. The molecule has 0 N–H and O–H groups in total. The number of hydrogen-bond acceptors (Lipinski definition) is 12. The highest BCUT2D eigenvalue weighted by Gasteiger charge is 2.34. The van der Waals surface area contributed by atoms with Gasteiger partial charge < -0.3 is 18.9 Å². The third kappa shape index (κ3) is 14.3. The maximum atomic E-state index is 7.58. The molecule has 0 amide bonds. The smallest absolute Gasteiger partial charge is 0.151 e. The molecule has 0 saturated heterocycles. The number of hydrogen-bond donors (Lipinski definition) is 0. The number of rotatable bonds is 16. The van der Waals surface area contributed by atoms with Crippen molar-refractivity contribution >= 4 is 112 Å². The Labute approximate surface area is 649 Å². The number of aromatic nitrogens is 6. The normalized spacial score (nSPS) is 13.1. The van der Waals surface area contributed by atoms with Gasteiger partial charge in [-0.15, -0.1) is 10.2 Å². The summed E-state index contributed by atoms with van der Waals surface area (Å²) in [6.07, 6.45) is 4.07. The van der Waals surface area contributed by atoms with Crippen molar-refractivity contribution in [3.63, 3.8) is 0 Å². The third-order valence-electron chi connectivity index (χ3n) is 20.6. The molecule has 0 fully saturated rings. The molecule has 0 spiro atoms. The van der Waals surface area contributed by atoms with Crippen LogP contribution >= 0.6 is 47.0 Å². The van der Waals surface area contributed by atoms with E-state index in [1.165, 1.54) is 86.9 Å². The number of ether oxygens (including phenoxy) is 4. The van der Waals surface area contributed by atoms with E-state index in [2.05, 4.69) is 301 Å². The van der Waals surface area contributed by atoms with Crippen LogP contribution in [0, 0.1) is 0 Å². The van der Waals surface area contributed by atoms with E-state index in [1.54, 1.807) is 47.0 Å². The van der Waals surface area contributed by atoms with Crippen molar-refractivity contribution in [2.45, 2.75) is 183 Å². The molecule has 14 heteroatoms. The van der Waals surface area contributed by atoms with Crippen molar-refractivity contribution in [1.29, 1.82) is 0 Å². The van der Waals surface area contributed by atoms with Crippen LogP contribution in [-0.4, -0.2) is 30.0 Å². The topological polar surface area (TPSA) is 98.3 Å². The van der Waals surface area contributed by atoms with Crippen LogP contribution in [0.2, 0.25) is 0 Å². The number of fused-ring (bicyclic) bond motifs is 8. The Kier molecular flexibility index (Phi) is 18.6. The highest BCUT2D eigenvalue weighted by atomic mass is 32.2. The molecule has 16 aromatic rings. The molecule has 108 heavy (non-hydrogen) atoms. The van der Waals surface area contributed by atoms with Crippen molar-refractivity contribution in [1.82, 2.24) is 30.0 Å². The fourth-order valence-corrected chi connectivity index (χ4v) is 19.5. The zero-order chi connectivity index (χ0) is 74.4. The number of benzene rings is 14. The predicted octanol–water partition coefficient (Wildman–Crippen LogP) is 25.2. The molecular weight excluding hydrogens is 1410 g/mol. The first kappa shape index (κ1) is 71.0. The van der Waals surface area contributed by atoms with Crippen LogP contribution in [0.15, 0.2) is 270 Å². The first-order chi connectivity index (χ1) is 51.9. The summed E-state index contributed by atoms with van der Waals surface area (Å²) in [6.45, 7) is 29.5. The molecule has 8 bridgehead atoms. The van der Waals surface area contributed by atoms with Gasteiger partial charge in [-0.25, -0.2) is 9.36 Å². The highest BCUT2D eigenvalue weighted by Crippen LogP contribution is 2.58. The summed E-state index contributed by atoms with van der Waals surface area (Å²) >= 11 is 6.79. The van der Waals surface area contributed by atoms with Crippen LogP contribution in [0.25, 0.3) is 64.6 Å². The summed E-state index contributed by atoms with van der Waals surface area (Å²) in [6, 6.07) is 79.6. The lowest BCUT2D eigenvalue weighted by Gasteiger charge is -2.30. The fourth-order valence-electron chi connectivity index (χ4n) is 14.7. The van der Waals surface area contributed by atoms with Crippen molar-refractivity contribution in [2.75, 3.05) is 0 Å². The lowest BCUT2D eigenvalue weighted by molar-refractivity contribution is 0.265. The van der Waals surface area contributed by atoms with Crippen molar-refractivity contribution < 1.29 is 18.9 Å². The second-order valence-corrected chi connectivity index (χ2v) is 37.1. The van der Waals surface area contributed by atoms with E-state index in [-0.39, 0.29) is 36.1 Å². The standard InChI is InChI=1S/C94H86N6O4S4/c1-91(2,3)67-41-72-47-73(42-67)106-78-44-69(93(7,8)9)46-80(88(78)104-56-71-52-100(98-96-71)50-66-36-34-64-32-30-60-26-20-28-62-38-40-75(66)85(64)83(60)62)108-90-86(101-53-57-21-15-13-16-22-57)76(94(10,11)12)48-81(89(90)102-54-58-23-17-14-18-24-58)107-79-45-68(92(4,5)6)43-77(105-72)87(79)103-55-70-51-99(97-95-70)49-65-35-33-63-31-29-59-25-19-27-61-37-39-74(65)84(63)82(59)61/h13-48,51-52H,49-50,53-56H2,1-12H3. The van der Waals surface area contributed by atoms with Gasteiger partial charge in [-0.05, 0) is 174 Å². The van der Waals surface area contributed by atoms with Gasteiger partial charge in [0.05, 0.1) is 54.9 Å². The molecule has 0 unspecified atom stereocenters. The summed E-state index contributed by atoms with van der Waals surface area (Å²) in [5, 5.41) is 34.3. The second-order valence-electron chi connectivity index (χ2n) is 32.7. The quantitative estimate of drug-likeness (QED) is 0.0862. The molecule has 2 aromatic heterocycles. The van der Waals surface area contributed by atoms with Crippen LogP contribution < -0.4 is 18.9 Å². The molecule has 10 nitrogen and oxygen atoms in total. The van der Waals surface area contributed by atoms with E-state index >= 15 is 0 Å². The summed E-state index contributed by atoms with van der Waals surface area (Å²) in [4.78, 5) is 7.68. The summed E-state index contributed by atoms with van der Waals surface area (Å²) in [5.74, 6) is 2.90. The Bertz CT molecular complexity index is 6050. The Hall–Kier alpha value is -9.96. The van der Waals surface area contributed by atoms with E-state index in [9.17, 15) is 0 Å². The predicted molar refractivity (Wildman–Crippen MR) is 446 cm³/mol. The Morgan fingerprint density at radius 2 is 0.685 bits per heavy atom. The average Bonchev–Trinajstić information content (AvgIpc) is 1.02. The largest absolute Gasteiger partial charge is 0.487 e. The van der Waals surface area contributed by atoms with Gasteiger partial charge in [0.15, 0.2) is 5.75 Å². The van der Waals surface area contributed by atoms with Crippen LogP contribution in [0.4, 0.5) is 0 Å². The van der Waals surface area contributed by atoms with Crippen LogP contribution in [-0.2, 0) is 61.2 Å². The Morgan fingerprint density at radius 3 is 1.12 bits per heavy atom. The van der Waals surface area contributed by atoms with Crippen molar-refractivity contribution in [2.24, 2.45) is 0 Å².